The first-order chi connectivity index (χ1) is 5.33. The molecule has 0 atom stereocenters. The van der Waals surface area contributed by atoms with Crippen LogP contribution in [0.2, 0.25) is 0 Å². The summed E-state index contributed by atoms with van der Waals surface area (Å²) < 4.78 is 4.92. The zero-order valence-electron chi connectivity index (χ0n) is 6.58. The molecule has 0 aliphatic carbocycles. The Balaban J connectivity index is 2.52. The van der Waals surface area contributed by atoms with E-state index in [1.54, 1.807) is 19.4 Å². The third-order valence-electron chi connectivity index (χ3n) is 1.44. The Hall–Kier alpha value is -1.09. The Morgan fingerprint density at radius 1 is 1.55 bits per heavy atom. The largest absolute Gasteiger partial charge is 0.384 e. The predicted octanol–water partition coefficient (Wildman–Crippen LogP) is 0.853. The molecule has 3 heteroatoms. The molecule has 1 heterocycles. The number of hydrogen-bond donors (Lipinski definition) is 1. The van der Waals surface area contributed by atoms with Gasteiger partial charge < -0.3 is 10.5 Å². The minimum Gasteiger partial charge on any atom is -0.384 e. The first-order valence-corrected chi connectivity index (χ1v) is 3.52. The van der Waals surface area contributed by atoms with Gasteiger partial charge in [0.15, 0.2) is 0 Å². The van der Waals surface area contributed by atoms with Gasteiger partial charge in [-0.3, -0.25) is 0 Å². The van der Waals surface area contributed by atoms with E-state index in [0.29, 0.717) is 5.82 Å². The van der Waals surface area contributed by atoms with E-state index in [-0.39, 0.29) is 0 Å². The highest BCUT2D eigenvalue weighted by Gasteiger charge is 1.91. The van der Waals surface area contributed by atoms with Crippen LogP contribution >= 0.6 is 0 Å². The molecule has 0 saturated heterocycles. The van der Waals surface area contributed by atoms with E-state index < -0.39 is 0 Å². The summed E-state index contributed by atoms with van der Waals surface area (Å²) >= 11 is 0. The summed E-state index contributed by atoms with van der Waals surface area (Å²) in [5, 5.41) is 0. The molecule has 1 rings (SSSR count). The standard InChI is InChI=1S/C8H12N2O/c1-11-5-4-7-2-3-8(9)10-6-7/h2-3,6H,4-5H2,1H3,(H2,9,10). The van der Waals surface area contributed by atoms with Gasteiger partial charge in [0.25, 0.3) is 0 Å². The van der Waals surface area contributed by atoms with Crippen LogP contribution in [0, 0.1) is 0 Å². The maximum absolute atomic E-state index is 5.41. The molecule has 1 aromatic heterocycles. The molecular weight excluding hydrogens is 140 g/mol. The quantitative estimate of drug-likeness (QED) is 0.698. The third-order valence-corrected chi connectivity index (χ3v) is 1.44. The molecule has 0 amide bonds. The summed E-state index contributed by atoms with van der Waals surface area (Å²) in [5.41, 5.74) is 6.57. The summed E-state index contributed by atoms with van der Waals surface area (Å²) in [7, 11) is 1.69. The van der Waals surface area contributed by atoms with Crippen molar-refractivity contribution in [3.05, 3.63) is 23.9 Å². The van der Waals surface area contributed by atoms with Gasteiger partial charge in [-0.25, -0.2) is 4.98 Å². The van der Waals surface area contributed by atoms with Crippen LogP contribution in [0.3, 0.4) is 0 Å². The molecule has 3 nitrogen and oxygen atoms in total. The molecule has 0 spiro atoms. The first kappa shape index (κ1) is 8.01. The second kappa shape index (κ2) is 3.93. The lowest BCUT2D eigenvalue weighted by Crippen LogP contribution is -1.96. The smallest absolute Gasteiger partial charge is 0.123 e. The van der Waals surface area contributed by atoms with Crippen LogP contribution < -0.4 is 5.73 Å². The molecule has 11 heavy (non-hydrogen) atoms. The van der Waals surface area contributed by atoms with Crippen molar-refractivity contribution in [2.45, 2.75) is 6.42 Å². The number of hydrogen-bond acceptors (Lipinski definition) is 3. The Labute approximate surface area is 66.2 Å². The molecule has 0 fully saturated rings. The van der Waals surface area contributed by atoms with Crippen molar-refractivity contribution in [3.8, 4) is 0 Å². The van der Waals surface area contributed by atoms with E-state index >= 15 is 0 Å². The SMILES string of the molecule is COCCc1ccc(N)nc1. The molecule has 0 radical (unpaired) electrons. The minimum atomic E-state index is 0.561. The molecule has 0 aromatic carbocycles. The molecule has 60 valence electrons. The van der Waals surface area contributed by atoms with Gasteiger partial charge in [-0.1, -0.05) is 6.07 Å². The van der Waals surface area contributed by atoms with E-state index in [0.717, 1.165) is 18.6 Å². The Morgan fingerprint density at radius 3 is 2.91 bits per heavy atom. The van der Waals surface area contributed by atoms with Crippen molar-refractivity contribution in [2.24, 2.45) is 0 Å². The Morgan fingerprint density at radius 2 is 2.36 bits per heavy atom. The lowest BCUT2D eigenvalue weighted by molar-refractivity contribution is 0.202. The van der Waals surface area contributed by atoms with Crippen molar-refractivity contribution < 1.29 is 4.74 Å². The van der Waals surface area contributed by atoms with E-state index in [1.807, 2.05) is 6.07 Å². The molecule has 0 aliphatic rings. The number of nitrogens with two attached hydrogens (primary N) is 1. The number of methoxy groups -OCH3 is 1. The molecule has 0 bridgehead atoms. The zero-order chi connectivity index (χ0) is 8.10. The number of aromatic nitrogens is 1. The number of pyridine rings is 1. The number of nitrogen functional groups attached to an aromatic ring is 1. The highest BCUT2D eigenvalue weighted by atomic mass is 16.5. The second-order valence-corrected chi connectivity index (χ2v) is 2.33. The fourth-order valence-electron chi connectivity index (χ4n) is 0.804. The summed E-state index contributed by atoms with van der Waals surface area (Å²) in [6.07, 6.45) is 2.66. The van der Waals surface area contributed by atoms with Gasteiger partial charge in [-0.15, -0.1) is 0 Å². The van der Waals surface area contributed by atoms with Crippen molar-refractivity contribution in [1.82, 2.24) is 4.98 Å². The number of nitrogens with zero attached hydrogens (tertiary/aromatic N) is 1. The van der Waals surface area contributed by atoms with Crippen LogP contribution in [-0.4, -0.2) is 18.7 Å². The van der Waals surface area contributed by atoms with Gasteiger partial charge in [-0.05, 0) is 18.1 Å². The topological polar surface area (TPSA) is 48.1 Å². The van der Waals surface area contributed by atoms with Crippen molar-refractivity contribution >= 4 is 5.82 Å². The molecule has 0 saturated carbocycles. The summed E-state index contributed by atoms with van der Waals surface area (Å²) in [5.74, 6) is 0.561. The number of rotatable bonds is 3. The second-order valence-electron chi connectivity index (χ2n) is 2.33. The normalized spacial score (nSPS) is 9.91. The zero-order valence-corrected chi connectivity index (χ0v) is 6.58. The first-order valence-electron chi connectivity index (χ1n) is 3.52. The summed E-state index contributed by atoms with van der Waals surface area (Å²) in [4.78, 5) is 3.95. The van der Waals surface area contributed by atoms with Crippen molar-refractivity contribution in [2.75, 3.05) is 19.5 Å². The average molecular weight is 152 g/mol. The fourth-order valence-corrected chi connectivity index (χ4v) is 0.804. The van der Waals surface area contributed by atoms with Crippen LogP contribution in [0.15, 0.2) is 18.3 Å². The van der Waals surface area contributed by atoms with Crippen LogP contribution in [0.1, 0.15) is 5.56 Å². The maximum Gasteiger partial charge on any atom is 0.123 e. The maximum atomic E-state index is 5.41. The van der Waals surface area contributed by atoms with Gasteiger partial charge in [0.05, 0.1) is 6.61 Å². The third kappa shape index (κ3) is 2.55. The van der Waals surface area contributed by atoms with Crippen LogP contribution in [0.5, 0.6) is 0 Å². The van der Waals surface area contributed by atoms with Gasteiger partial charge >= 0.3 is 0 Å². The average Bonchev–Trinajstić information content (AvgIpc) is 2.04. The van der Waals surface area contributed by atoms with Crippen LogP contribution in [0.25, 0.3) is 0 Å². The lowest BCUT2D eigenvalue weighted by Gasteiger charge is -1.98. The van der Waals surface area contributed by atoms with E-state index in [2.05, 4.69) is 4.98 Å². The number of ether oxygens (including phenoxy) is 1. The van der Waals surface area contributed by atoms with E-state index in [1.165, 1.54) is 0 Å². The van der Waals surface area contributed by atoms with Crippen LogP contribution in [-0.2, 0) is 11.2 Å². The molecule has 1 aromatic rings. The van der Waals surface area contributed by atoms with Gasteiger partial charge in [0.1, 0.15) is 5.82 Å². The Bertz CT molecular complexity index is 208. The van der Waals surface area contributed by atoms with Gasteiger partial charge in [-0.2, -0.15) is 0 Å². The van der Waals surface area contributed by atoms with Crippen molar-refractivity contribution in [3.63, 3.8) is 0 Å². The molecule has 0 unspecified atom stereocenters. The Kier molecular flexibility index (Phi) is 2.86. The number of anilines is 1. The molecule has 0 aliphatic heterocycles. The predicted molar refractivity (Wildman–Crippen MR) is 44.2 cm³/mol. The van der Waals surface area contributed by atoms with Crippen LogP contribution in [0.4, 0.5) is 5.82 Å². The summed E-state index contributed by atoms with van der Waals surface area (Å²) in [6, 6.07) is 3.76. The molecular formula is C8H12N2O. The summed E-state index contributed by atoms with van der Waals surface area (Å²) in [6.45, 7) is 0.728. The minimum absolute atomic E-state index is 0.561. The van der Waals surface area contributed by atoms with E-state index in [4.69, 9.17) is 10.5 Å². The lowest BCUT2D eigenvalue weighted by atomic mass is 10.2. The fraction of sp³-hybridized carbons (Fsp3) is 0.375. The van der Waals surface area contributed by atoms with Gasteiger partial charge in [0.2, 0.25) is 0 Å². The molecule has 2 N–H and O–H groups in total. The van der Waals surface area contributed by atoms with Gasteiger partial charge in [0, 0.05) is 13.3 Å². The van der Waals surface area contributed by atoms with E-state index in [9.17, 15) is 0 Å². The highest BCUT2D eigenvalue weighted by molar-refractivity contribution is 5.29. The van der Waals surface area contributed by atoms with Crippen molar-refractivity contribution in [1.29, 1.82) is 0 Å². The highest BCUT2D eigenvalue weighted by Crippen LogP contribution is 2.01. The monoisotopic (exact) mass is 152 g/mol.